The zero-order valence-corrected chi connectivity index (χ0v) is 12.4. The van der Waals surface area contributed by atoms with Gasteiger partial charge in [0.25, 0.3) is 0 Å². The molecule has 0 unspecified atom stereocenters. The largest absolute Gasteiger partial charge is 0.378 e. The third kappa shape index (κ3) is 3.27. The summed E-state index contributed by atoms with van der Waals surface area (Å²) in [5.74, 6) is 0.691. The van der Waals surface area contributed by atoms with Crippen LogP contribution in [0.2, 0.25) is 5.02 Å². The third-order valence-corrected chi connectivity index (χ3v) is 3.90. The topological polar surface area (TPSA) is 28.2 Å². The molecule has 1 saturated heterocycles. The molecule has 0 spiro atoms. The van der Waals surface area contributed by atoms with Gasteiger partial charge in [-0.15, -0.1) is 0 Å². The molecule has 5 heteroatoms. The van der Waals surface area contributed by atoms with Crippen LogP contribution in [0.4, 0.5) is 15.9 Å². The van der Waals surface area contributed by atoms with Crippen molar-refractivity contribution in [1.29, 1.82) is 0 Å². The second-order valence-electron chi connectivity index (χ2n) is 5.16. The maximum atomic E-state index is 13.7. The second kappa shape index (κ2) is 6.31. The lowest BCUT2D eigenvalue weighted by molar-refractivity contribution is 0.613. The van der Waals surface area contributed by atoms with Crippen molar-refractivity contribution >= 4 is 23.1 Å². The number of aromatic nitrogens is 1. The first-order valence-electron chi connectivity index (χ1n) is 7.12. The molecule has 0 radical (unpaired) electrons. The Morgan fingerprint density at radius 1 is 1.24 bits per heavy atom. The molecule has 3 nitrogen and oxygen atoms in total. The molecule has 1 aromatic carbocycles. The summed E-state index contributed by atoms with van der Waals surface area (Å²) in [6, 6.07) is 8.46. The predicted octanol–water partition coefficient (Wildman–Crippen LogP) is 4.09. The lowest BCUT2D eigenvalue weighted by atomic mass is 10.2. The molecular formula is C16H17ClFN3. The number of hydrogen-bond acceptors (Lipinski definition) is 3. The summed E-state index contributed by atoms with van der Waals surface area (Å²) in [6.07, 6.45) is 4.18. The van der Waals surface area contributed by atoms with E-state index in [-0.39, 0.29) is 5.82 Å². The molecule has 1 aliphatic rings. The highest BCUT2D eigenvalue weighted by Gasteiger charge is 2.16. The molecule has 0 saturated carbocycles. The first kappa shape index (κ1) is 14.1. The van der Waals surface area contributed by atoms with E-state index in [1.807, 2.05) is 12.1 Å². The molecule has 0 amide bonds. The summed E-state index contributed by atoms with van der Waals surface area (Å²) in [4.78, 5) is 6.72. The minimum atomic E-state index is -0.251. The van der Waals surface area contributed by atoms with Gasteiger partial charge < -0.3 is 10.2 Å². The number of hydrogen-bond donors (Lipinski definition) is 1. The molecule has 0 aliphatic carbocycles. The molecule has 2 heterocycles. The van der Waals surface area contributed by atoms with Crippen LogP contribution in [-0.4, -0.2) is 18.1 Å². The maximum absolute atomic E-state index is 13.7. The van der Waals surface area contributed by atoms with Crippen LogP contribution in [0.15, 0.2) is 36.5 Å². The average Bonchev–Trinajstić information content (AvgIpc) is 3.03. The van der Waals surface area contributed by atoms with Gasteiger partial charge in [-0.25, -0.2) is 9.37 Å². The van der Waals surface area contributed by atoms with Crippen LogP contribution < -0.4 is 10.2 Å². The quantitative estimate of drug-likeness (QED) is 0.922. The van der Waals surface area contributed by atoms with Crippen LogP contribution in [0.5, 0.6) is 0 Å². The Morgan fingerprint density at radius 3 is 2.86 bits per heavy atom. The lowest BCUT2D eigenvalue weighted by Gasteiger charge is -2.20. The summed E-state index contributed by atoms with van der Waals surface area (Å²) in [5, 5.41) is 3.81. The number of anilines is 2. The predicted molar refractivity (Wildman–Crippen MR) is 84.4 cm³/mol. The normalized spacial score (nSPS) is 14.5. The van der Waals surface area contributed by atoms with E-state index in [2.05, 4.69) is 15.2 Å². The number of halogens is 2. The Bertz CT molecular complexity index is 627. The highest BCUT2D eigenvalue weighted by molar-refractivity contribution is 6.30. The fourth-order valence-electron chi connectivity index (χ4n) is 2.59. The van der Waals surface area contributed by atoms with Gasteiger partial charge in [0.2, 0.25) is 0 Å². The van der Waals surface area contributed by atoms with Crippen LogP contribution in [0.3, 0.4) is 0 Å². The van der Waals surface area contributed by atoms with Gasteiger partial charge in [0.05, 0.1) is 5.69 Å². The Kier molecular flexibility index (Phi) is 4.25. The minimum absolute atomic E-state index is 0.251. The zero-order chi connectivity index (χ0) is 14.7. The number of nitrogens with one attached hydrogen (secondary N) is 1. The second-order valence-corrected chi connectivity index (χ2v) is 5.59. The van der Waals surface area contributed by atoms with E-state index in [4.69, 9.17) is 11.6 Å². The first-order valence-corrected chi connectivity index (χ1v) is 7.49. The van der Waals surface area contributed by atoms with E-state index >= 15 is 0 Å². The Hall–Kier alpha value is -1.81. The van der Waals surface area contributed by atoms with Gasteiger partial charge in [-0.1, -0.05) is 11.6 Å². The average molecular weight is 306 g/mol. The van der Waals surface area contributed by atoms with E-state index in [1.54, 1.807) is 18.3 Å². The fraction of sp³-hybridized carbons (Fsp3) is 0.312. The van der Waals surface area contributed by atoms with Gasteiger partial charge >= 0.3 is 0 Å². The zero-order valence-electron chi connectivity index (χ0n) is 11.6. The molecule has 1 aliphatic heterocycles. The SMILES string of the molecule is Fc1ccc(Cl)cc1CNc1cccnc1N1CCCC1. The Labute approximate surface area is 128 Å². The molecule has 0 atom stereocenters. The molecule has 1 N–H and O–H groups in total. The molecule has 21 heavy (non-hydrogen) atoms. The summed E-state index contributed by atoms with van der Waals surface area (Å²) in [5.41, 5.74) is 1.48. The van der Waals surface area contributed by atoms with Crippen LogP contribution >= 0.6 is 11.6 Å². The highest BCUT2D eigenvalue weighted by Crippen LogP contribution is 2.27. The van der Waals surface area contributed by atoms with Gasteiger partial charge in [0, 0.05) is 36.4 Å². The van der Waals surface area contributed by atoms with E-state index < -0.39 is 0 Å². The minimum Gasteiger partial charge on any atom is -0.378 e. The molecule has 110 valence electrons. The van der Waals surface area contributed by atoms with Gasteiger partial charge in [0.15, 0.2) is 5.82 Å². The third-order valence-electron chi connectivity index (χ3n) is 3.67. The number of pyridine rings is 1. The standard InChI is InChI=1S/C16H17ClFN3/c17-13-5-6-14(18)12(10-13)11-20-15-4-3-7-19-16(15)21-8-1-2-9-21/h3-7,10,20H,1-2,8-9,11H2. The van der Waals surface area contributed by atoms with Crippen molar-refractivity contribution in [1.82, 2.24) is 4.98 Å². The smallest absolute Gasteiger partial charge is 0.151 e. The number of benzene rings is 1. The van der Waals surface area contributed by atoms with Crippen molar-refractivity contribution in [3.8, 4) is 0 Å². The summed E-state index contributed by atoms with van der Waals surface area (Å²) in [6.45, 7) is 2.44. The van der Waals surface area contributed by atoms with Crippen LogP contribution in [0.25, 0.3) is 0 Å². The maximum Gasteiger partial charge on any atom is 0.151 e. The fourth-order valence-corrected chi connectivity index (χ4v) is 2.78. The van der Waals surface area contributed by atoms with Gasteiger partial charge in [-0.3, -0.25) is 0 Å². The van der Waals surface area contributed by atoms with E-state index in [0.29, 0.717) is 17.1 Å². The van der Waals surface area contributed by atoms with Crippen LogP contribution in [0.1, 0.15) is 18.4 Å². The molecule has 0 bridgehead atoms. The number of nitrogens with zero attached hydrogens (tertiary/aromatic N) is 2. The van der Waals surface area contributed by atoms with E-state index in [9.17, 15) is 4.39 Å². The Balaban J connectivity index is 1.77. The van der Waals surface area contributed by atoms with Gasteiger partial charge in [0.1, 0.15) is 5.82 Å². The highest BCUT2D eigenvalue weighted by atomic mass is 35.5. The van der Waals surface area contributed by atoms with Crippen molar-refractivity contribution in [3.05, 3.63) is 52.9 Å². The van der Waals surface area contributed by atoms with Crippen molar-refractivity contribution in [2.75, 3.05) is 23.3 Å². The molecule has 3 rings (SSSR count). The number of rotatable bonds is 4. The van der Waals surface area contributed by atoms with Gasteiger partial charge in [-0.2, -0.15) is 0 Å². The molecule has 1 aromatic heterocycles. The van der Waals surface area contributed by atoms with Crippen molar-refractivity contribution < 1.29 is 4.39 Å². The Morgan fingerprint density at radius 2 is 2.05 bits per heavy atom. The summed E-state index contributed by atoms with van der Waals surface area (Å²) in [7, 11) is 0. The molecule has 1 fully saturated rings. The van der Waals surface area contributed by atoms with E-state index in [0.717, 1.165) is 24.6 Å². The molecule has 2 aromatic rings. The van der Waals surface area contributed by atoms with Crippen molar-refractivity contribution in [2.24, 2.45) is 0 Å². The lowest BCUT2D eigenvalue weighted by Crippen LogP contribution is -2.20. The molecular weight excluding hydrogens is 289 g/mol. The monoisotopic (exact) mass is 305 g/mol. The van der Waals surface area contributed by atoms with Crippen LogP contribution in [-0.2, 0) is 6.54 Å². The van der Waals surface area contributed by atoms with Crippen LogP contribution in [0, 0.1) is 5.82 Å². The summed E-state index contributed by atoms with van der Waals surface area (Å²) < 4.78 is 13.7. The van der Waals surface area contributed by atoms with Crippen molar-refractivity contribution in [3.63, 3.8) is 0 Å². The van der Waals surface area contributed by atoms with Crippen molar-refractivity contribution in [2.45, 2.75) is 19.4 Å². The first-order chi connectivity index (χ1) is 10.2. The van der Waals surface area contributed by atoms with Gasteiger partial charge in [-0.05, 0) is 43.2 Å². The summed E-state index contributed by atoms with van der Waals surface area (Å²) >= 11 is 5.92. The van der Waals surface area contributed by atoms with E-state index in [1.165, 1.54) is 18.9 Å².